The van der Waals surface area contributed by atoms with Gasteiger partial charge < -0.3 is 24.2 Å². The Balaban J connectivity index is 1.39. The number of halogens is 1. The lowest BCUT2D eigenvalue weighted by Gasteiger charge is -2.45. The summed E-state index contributed by atoms with van der Waals surface area (Å²) in [5.41, 5.74) is 1.10. The summed E-state index contributed by atoms with van der Waals surface area (Å²) < 4.78 is 7.89. The van der Waals surface area contributed by atoms with Gasteiger partial charge in [0.05, 0.1) is 23.1 Å². The summed E-state index contributed by atoms with van der Waals surface area (Å²) in [4.78, 5) is 55.9. The maximum atomic E-state index is 14.4. The Morgan fingerprint density at radius 3 is 2.62 bits per heavy atom. The summed E-state index contributed by atoms with van der Waals surface area (Å²) in [5.74, 6) is -1.14. The number of hydrogen-bond donors (Lipinski definition) is 1. The first-order valence-electron chi connectivity index (χ1n) is 14.9. The largest absolute Gasteiger partial charge is 0.487 e. The predicted molar refractivity (Wildman–Crippen MR) is 156 cm³/mol. The molecule has 2 amide bonds. The van der Waals surface area contributed by atoms with Gasteiger partial charge >= 0.3 is 5.97 Å². The summed E-state index contributed by atoms with van der Waals surface area (Å²) in [5, 5.41) is 10.8. The lowest BCUT2D eigenvalue weighted by molar-refractivity contribution is -0.162. The van der Waals surface area contributed by atoms with Gasteiger partial charge in [-0.15, -0.1) is 0 Å². The third-order valence-electron chi connectivity index (χ3n) is 10.3. The molecule has 9 nitrogen and oxygen atoms in total. The van der Waals surface area contributed by atoms with Crippen molar-refractivity contribution in [3.05, 3.63) is 62.5 Å². The Hall–Kier alpha value is -3.33. The quantitative estimate of drug-likeness (QED) is 0.510. The second-order valence-electron chi connectivity index (χ2n) is 12.9. The first-order chi connectivity index (χ1) is 20.0. The zero-order valence-corrected chi connectivity index (χ0v) is 25.0. The summed E-state index contributed by atoms with van der Waals surface area (Å²) in [6.07, 6.45) is 5.65. The van der Waals surface area contributed by atoms with Gasteiger partial charge in [0.1, 0.15) is 12.4 Å². The van der Waals surface area contributed by atoms with Crippen LogP contribution in [0.2, 0.25) is 5.02 Å². The van der Waals surface area contributed by atoms with E-state index >= 15 is 0 Å². The summed E-state index contributed by atoms with van der Waals surface area (Å²) >= 11 is 6.74. The van der Waals surface area contributed by atoms with E-state index in [4.69, 9.17) is 16.3 Å². The van der Waals surface area contributed by atoms with Crippen LogP contribution in [-0.4, -0.2) is 56.9 Å². The molecular formula is C32H38ClN3O6. The van der Waals surface area contributed by atoms with E-state index in [0.717, 1.165) is 36.8 Å². The van der Waals surface area contributed by atoms with Crippen LogP contribution in [0, 0.1) is 16.7 Å². The molecule has 4 aliphatic rings. The number of fused-ring (bicyclic) bond motifs is 1. The van der Waals surface area contributed by atoms with Gasteiger partial charge in [-0.3, -0.25) is 19.2 Å². The molecule has 3 heterocycles. The van der Waals surface area contributed by atoms with Crippen molar-refractivity contribution in [2.45, 2.75) is 70.9 Å². The van der Waals surface area contributed by atoms with Gasteiger partial charge in [-0.2, -0.15) is 0 Å². The van der Waals surface area contributed by atoms with Crippen molar-refractivity contribution in [2.24, 2.45) is 23.8 Å². The van der Waals surface area contributed by atoms with E-state index in [1.54, 1.807) is 37.1 Å². The zero-order chi connectivity index (χ0) is 29.8. The molecule has 1 spiro atoms. The fourth-order valence-electron chi connectivity index (χ4n) is 7.32. The van der Waals surface area contributed by atoms with Gasteiger partial charge in [-0.25, -0.2) is 0 Å². The molecule has 10 heteroatoms. The van der Waals surface area contributed by atoms with Crippen LogP contribution in [0.3, 0.4) is 0 Å². The van der Waals surface area contributed by atoms with Gasteiger partial charge in [0.25, 0.3) is 5.56 Å². The number of carbonyl (C=O) groups is 3. The lowest BCUT2D eigenvalue weighted by atomic mass is 9.66. The Kier molecular flexibility index (Phi) is 7.36. The van der Waals surface area contributed by atoms with Gasteiger partial charge in [-0.1, -0.05) is 30.5 Å². The molecule has 0 bridgehead atoms. The van der Waals surface area contributed by atoms with Crippen molar-refractivity contribution in [2.75, 3.05) is 19.6 Å². The molecule has 1 saturated heterocycles. The number of aromatic nitrogens is 1. The topological polar surface area (TPSA) is 109 Å². The molecular weight excluding hydrogens is 558 g/mol. The number of carbonyl (C=O) groups excluding carboxylic acids is 2. The molecule has 2 saturated carbocycles. The minimum atomic E-state index is -1.15. The molecule has 1 aromatic carbocycles. The Morgan fingerprint density at radius 1 is 1.12 bits per heavy atom. The molecule has 1 aromatic heterocycles. The second kappa shape index (κ2) is 10.7. The number of hydrogen-bond acceptors (Lipinski definition) is 5. The van der Waals surface area contributed by atoms with Crippen molar-refractivity contribution in [1.29, 1.82) is 0 Å². The summed E-state index contributed by atoms with van der Waals surface area (Å²) in [7, 11) is 1.69. The maximum Gasteiger partial charge on any atom is 0.310 e. The van der Waals surface area contributed by atoms with Crippen LogP contribution < -0.4 is 10.3 Å². The van der Waals surface area contributed by atoms with E-state index in [2.05, 4.69) is 0 Å². The molecule has 2 aliphatic carbocycles. The van der Waals surface area contributed by atoms with E-state index in [1.807, 2.05) is 11.0 Å². The van der Waals surface area contributed by atoms with Crippen LogP contribution in [0.25, 0.3) is 0 Å². The third-order valence-corrected chi connectivity index (χ3v) is 10.6. The third kappa shape index (κ3) is 4.99. The smallest absolute Gasteiger partial charge is 0.310 e. The minimum absolute atomic E-state index is 0.0560. The summed E-state index contributed by atoms with van der Waals surface area (Å²) in [6.45, 7) is 3.18. The highest BCUT2D eigenvalue weighted by atomic mass is 35.5. The SMILES string of the molecule is Cn1c(COc2ccc(Cl)c3c2C(CN2CC4(CC4)CC2=O)N(C(=O)[C@@H]2CCCC[C@]2(C)C(=O)O)CC3)cccc1=O. The normalized spacial score (nSPS) is 26.3. The number of ether oxygens (including phenoxy) is 1. The molecule has 1 unspecified atom stereocenters. The number of rotatable bonds is 7. The zero-order valence-electron chi connectivity index (χ0n) is 24.2. The van der Waals surface area contributed by atoms with Crippen LogP contribution in [0.5, 0.6) is 5.75 Å². The minimum Gasteiger partial charge on any atom is -0.487 e. The number of aliphatic carboxylic acids is 1. The molecule has 6 rings (SSSR count). The van der Waals surface area contributed by atoms with Crippen molar-refractivity contribution in [3.63, 3.8) is 0 Å². The van der Waals surface area contributed by atoms with E-state index in [1.165, 1.54) is 10.6 Å². The second-order valence-corrected chi connectivity index (χ2v) is 13.3. The van der Waals surface area contributed by atoms with Crippen molar-refractivity contribution in [1.82, 2.24) is 14.4 Å². The fraction of sp³-hybridized carbons (Fsp3) is 0.562. The highest BCUT2D eigenvalue weighted by Crippen LogP contribution is 2.54. The highest BCUT2D eigenvalue weighted by Gasteiger charge is 2.53. The van der Waals surface area contributed by atoms with Crippen LogP contribution in [0.4, 0.5) is 0 Å². The number of likely N-dealkylation sites (tertiary alicyclic amines) is 1. The van der Waals surface area contributed by atoms with Crippen LogP contribution >= 0.6 is 11.6 Å². The van der Waals surface area contributed by atoms with Gasteiger partial charge in [0, 0.05) is 49.8 Å². The molecule has 42 heavy (non-hydrogen) atoms. The first-order valence-corrected chi connectivity index (χ1v) is 15.3. The van der Waals surface area contributed by atoms with Gasteiger partial charge in [-0.05, 0) is 68.2 Å². The first kappa shape index (κ1) is 28.8. The molecule has 1 N–H and O–H groups in total. The average molecular weight is 596 g/mol. The van der Waals surface area contributed by atoms with Crippen molar-refractivity contribution in [3.8, 4) is 5.75 Å². The number of nitrogens with zero attached hydrogens (tertiary/aromatic N) is 3. The van der Waals surface area contributed by atoms with Crippen LogP contribution in [0.15, 0.2) is 35.1 Å². The Morgan fingerprint density at radius 2 is 1.90 bits per heavy atom. The fourth-order valence-corrected chi connectivity index (χ4v) is 7.58. The lowest BCUT2D eigenvalue weighted by Crippen LogP contribution is -2.52. The summed E-state index contributed by atoms with van der Waals surface area (Å²) in [6, 6.07) is 8.05. The molecule has 2 aromatic rings. The maximum absolute atomic E-state index is 14.4. The molecule has 0 radical (unpaired) electrons. The monoisotopic (exact) mass is 595 g/mol. The highest BCUT2D eigenvalue weighted by molar-refractivity contribution is 6.31. The van der Waals surface area contributed by atoms with E-state index in [9.17, 15) is 24.3 Å². The van der Waals surface area contributed by atoms with Gasteiger partial charge in [0.2, 0.25) is 11.8 Å². The number of amides is 2. The standard InChI is InChI=1S/C32H38ClN3O6/c1-31(30(40)41)12-4-3-7-22(31)29(39)36-15-11-21-23(33)9-10-25(42-18-20-6-5-8-26(37)34(20)2)28(21)24(36)17-35-19-32(13-14-32)16-27(35)38/h5-6,8-10,22,24H,3-4,7,11-19H2,1-2H3,(H,40,41)/t22-,24?,31-/m0/s1. The Labute approximate surface area is 250 Å². The number of benzene rings is 1. The van der Waals surface area contributed by atoms with Crippen LogP contribution in [-0.2, 0) is 34.5 Å². The molecule has 3 fully saturated rings. The van der Waals surface area contributed by atoms with E-state index in [-0.39, 0.29) is 29.4 Å². The average Bonchev–Trinajstić information content (AvgIpc) is 3.64. The molecule has 3 atom stereocenters. The number of carboxylic acids is 1. The van der Waals surface area contributed by atoms with Crippen LogP contribution in [0.1, 0.15) is 74.7 Å². The molecule has 224 valence electrons. The van der Waals surface area contributed by atoms with E-state index < -0.39 is 23.3 Å². The van der Waals surface area contributed by atoms with E-state index in [0.29, 0.717) is 61.8 Å². The number of carboxylic acid groups (broad SMARTS) is 1. The van der Waals surface area contributed by atoms with Crippen molar-refractivity contribution < 1.29 is 24.2 Å². The Bertz CT molecular complexity index is 1500. The van der Waals surface area contributed by atoms with Gasteiger partial charge in [0.15, 0.2) is 0 Å². The number of pyridine rings is 1. The molecule has 2 aliphatic heterocycles. The predicted octanol–water partition coefficient (Wildman–Crippen LogP) is 4.34. The van der Waals surface area contributed by atoms with Crippen molar-refractivity contribution >= 4 is 29.4 Å².